The molecule has 2 amide bonds. The second-order valence-electron chi connectivity index (χ2n) is 2.23. The Labute approximate surface area is 60.2 Å². The smallest absolute Gasteiger partial charge is 0.324 e. The fourth-order valence-corrected chi connectivity index (χ4v) is 0.898. The highest BCUT2D eigenvalue weighted by Gasteiger charge is 2.22. The average molecular weight is 138 g/mol. The Hall–Kier alpha value is -1.21. The average Bonchev–Trinajstić information content (AvgIpc) is 2.20. The van der Waals surface area contributed by atoms with Crippen LogP contribution in [0.2, 0.25) is 0 Å². The summed E-state index contributed by atoms with van der Waals surface area (Å²) in [5.41, 5.74) is 2.56. The number of carbonyl (C=O) groups excluding carboxylic acids is 1. The summed E-state index contributed by atoms with van der Waals surface area (Å²) in [4.78, 5) is 14.3. The van der Waals surface area contributed by atoms with Crippen molar-refractivity contribution < 1.29 is 4.79 Å². The van der Waals surface area contributed by atoms with Crippen molar-refractivity contribution in [3.05, 3.63) is 18.5 Å². The Morgan fingerprint density at radius 3 is 2.80 bits per heavy atom. The first-order valence-electron chi connectivity index (χ1n) is 3.13. The lowest BCUT2D eigenvalue weighted by molar-refractivity contribution is 0.209. The molecule has 10 heavy (non-hydrogen) atoms. The Kier molecular flexibility index (Phi) is 1.78. The number of hydrogen-bond donors (Lipinski definition) is 0. The van der Waals surface area contributed by atoms with E-state index in [-0.39, 0.29) is 6.03 Å². The number of urea groups is 1. The van der Waals surface area contributed by atoms with Gasteiger partial charge in [0.1, 0.15) is 0 Å². The van der Waals surface area contributed by atoms with E-state index in [2.05, 4.69) is 12.3 Å². The van der Waals surface area contributed by atoms with Gasteiger partial charge in [0.25, 0.3) is 0 Å². The van der Waals surface area contributed by atoms with Crippen molar-refractivity contribution in [1.29, 1.82) is 0 Å². The molecular formula is C7H10N2O. The van der Waals surface area contributed by atoms with E-state index in [4.69, 9.17) is 0 Å². The number of carbonyl (C=O) groups is 1. The molecule has 1 aliphatic heterocycles. The van der Waals surface area contributed by atoms with Crippen LogP contribution in [0.3, 0.4) is 0 Å². The third kappa shape index (κ3) is 1.04. The number of likely N-dealkylation sites (N-methyl/N-ethyl adjacent to an activating group) is 1. The molecule has 3 heteroatoms. The Morgan fingerprint density at radius 1 is 1.70 bits per heavy atom. The van der Waals surface area contributed by atoms with Gasteiger partial charge >= 0.3 is 6.03 Å². The van der Waals surface area contributed by atoms with Crippen LogP contribution in [0, 0.1) is 0 Å². The van der Waals surface area contributed by atoms with Crippen molar-refractivity contribution in [3.63, 3.8) is 0 Å². The van der Waals surface area contributed by atoms with Crippen LogP contribution in [0.1, 0.15) is 0 Å². The zero-order valence-electron chi connectivity index (χ0n) is 6.00. The summed E-state index contributed by atoms with van der Waals surface area (Å²) in [6.45, 7) is 4.93. The van der Waals surface area contributed by atoms with Gasteiger partial charge in [-0.2, -0.15) is 0 Å². The van der Waals surface area contributed by atoms with Crippen LogP contribution >= 0.6 is 0 Å². The van der Waals surface area contributed by atoms with Crippen molar-refractivity contribution in [2.24, 2.45) is 0 Å². The van der Waals surface area contributed by atoms with Crippen molar-refractivity contribution in [3.8, 4) is 0 Å². The highest BCUT2D eigenvalue weighted by Crippen LogP contribution is 2.04. The minimum Gasteiger partial charge on any atom is -0.326 e. The zero-order chi connectivity index (χ0) is 7.56. The lowest BCUT2D eigenvalue weighted by Crippen LogP contribution is -2.24. The molecule has 1 saturated heterocycles. The van der Waals surface area contributed by atoms with Crippen LogP contribution in [-0.4, -0.2) is 36.0 Å². The zero-order valence-corrected chi connectivity index (χ0v) is 6.00. The predicted octanol–water partition coefficient (Wildman–Crippen LogP) is 0.652. The molecule has 0 aromatic heterocycles. The first-order valence-corrected chi connectivity index (χ1v) is 3.13. The first-order chi connectivity index (χ1) is 4.75. The first kappa shape index (κ1) is 6.90. The lowest BCUT2D eigenvalue weighted by atomic mass is 10.6. The van der Waals surface area contributed by atoms with Crippen LogP contribution in [0.4, 0.5) is 4.79 Å². The van der Waals surface area contributed by atoms with Crippen molar-refractivity contribution in [2.75, 3.05) is 20.1 Å². The van der Waals surface area contributed by atoms with E-state index in [1.54, 1.807) is 23.0 Å². The van der Waals surface area contributed by atoms with E-state index in [0.717, 1.165) is 13.1 Å². The van der Waals surface area contributed by atoms with Crippen molar-refractivity contribution in [2.45, 2.75) is 0 Å². The molecule has 1 aliphatic rings. The number of hydrogen-bond acceptors (Lipinski definition) is 1. The van der Waals surface area contributed by atoms with Gasteiger partial charge < -0.3 is 4.90 Å². The van der Waals surface area contributed by atoms with E-state index >= 15 is 0 Å². The van der Waals surface area contributed by atoms with E-state index in [0.29, 0.717) is 0 Å². The Bertz CT molecular complexity index is 194. The molecule has 0 atom stereocenters. The molecule has 0 N–H and O–H groups in total. The third-order valence-corrected chi connectivity index (χ3v) is 1.50. The van der Waals surface area contributed by atoms with Gasteiger partial charge in [0.05, 0.1) is 6.20 Å². The Balaban J connectivity index is 2.66. The fourth-order valence-electron chi connectivity index (χ4n) is 0.898. The number of rotatable bonds is 1. The molecule has 0 aromatic rings. The van der Waals surface area contributed by atoms with Gasteiger partial charge in [0.15, 0.2) is 0 Å². The summed E-state index contributed by atoms with van der Waals surface area (Å²) >= 11 is 0. The van der Waals surface area contributed by atoms with Crippen LogP contribution in [-0.2, 0) is 0 Å². The maximum Gasteiger partial charge on any atom is 0.324 e. The minimum atomic E-state index is 0.0242. The van der Waals surface area contributed by atoms with Gasteiger partial charge in [-0.3, -0.25) is 4.90 Å². The maximum absolute atomic E-state index is 11.0. The fraction of sp³-hybridized carbons (Fsp3) is 0.429. The van der Waals surface area contributed by atoms with Gasteiger partial charge in [-0.05, 0) is 0 Å². The SMILES string of the molecule is C=C=CN1CCN(C)C1=O. The molecule has 1 heterocycles. The summed E-state index contributed by atoms with van der Waals surface area (Å²) in [6, 6.07) is 0.0242. The van der Waals surface area contributed by atoms with Gasteiger partial charge in [-0.25, -0.2) is 4.79 Å². The lowest BCUT2D eigenvalue weighted by Gasteiger charge is -2.08. The molecule has 0 spiro atoms. The monoisotopic (exact) mass is 138 g/mol. The summed E-state index contributed by atoms with van der Waals surface area (Å²) in [7, 11) is 1.78. The summed E-state index contributed by atoms with van der Waals surface area (Å²) in [5.74, 6) is 0. The molecule has 54 valence electrons. The predicted molar refractivity (Wildman–Crippen MR) is 38.4 cm³/mol. The van der Waals surface area contributed by atoms with Crippen LogP contribution in [0.25, 0.3) is 0 Å². The van der Waals surface area contributed by atoms with E-state index in [1.165, 1.54) is 0 Å². The van der Waals surface area contributed by atoms with Crippen LogP contribution in [0.15, 0.2) is 18.5 Å². The molecule has 1 fully saturated rings. The van der Waals surface area contributed by atoms with E-state index in [1.807, 2.05) is 0 Å². The number of amides is 2. The highest BCUT2D eigenvalue weighted by molar-refractivity contribution is 5.77. The summed E-state index contributed by atoms with van der Waals surface area (Å²) < 4.78 is 0. The summed E-state index contributed by atoms with van der Waals surface area (Å²) in [6.07, 6.45) is 1.58. The minimum absolute atomic E-state index is 0.0242. The molecule has 0 aliphatic carbocycles. The quantitative estimate of drug-likeness (QED) is 0.488. The normalized spacial score (nSPS) is 17.5. The second kappa shape index (κ2) is 2.58. The third-order valence-electron chi connectivity index (χ3n) is 1.50. The number of nitrogens with zero attached hydrogens (tertiary/aromatic N) is 2. The highest BCUT2D eigenvalue weighted by atomic mass is 16.2. The molecule has 0 bridgehead atoms. The van der Waals surface area contributed by atoms with Gasteiger partial charge in [-0.15, -0.1) is 5.73 Å². The molecule has 0 radical (unpaired) electrons. The summed E-state index contributed by atoms with van der Waals surface area (Å²) in [5, 5.41) is 0. The molecular weight excluding hydrogens is 128 g/mol. The largest absolute Gasteiger partial charge is 0.326 e. The van der Waals surface area contributed by atoms with Gasteiger partial charge in [0, 0.05) is 20.1 Å². The van der Waals surface area contributed by atoms with Gasteiger partial charge in [0.2, 0.25) is 0 Å². The molecule has 3 nitrogen and oxygen atoms in total. The van der Waals surface area contributed by atoms with Gasteiger partial charge in [-0.1, -0.05) is 6.58 Å². The second-order valence-corrected chi connectivity index (χ2v) is 2.23. The molecule has 0 unspecified atom stereocenters. The molecule has 1 rings (SSSR count). The standard InChI is InChI=1S/C7H10N2O/c1-3-4-9-6-5-8(2)7(9)10/h4H,1,5-6H2,2H3. The van der Waals surface area contributed by atoms with E-state index in [9.17, 15) is 4.79 Å². The Morgan fingerprint density at radius 2 is 2.40 bits per heavy atom. The van der Waals surface area contributed by atoms with Crippen molar-refractivity contribution >= 4 is 6.03 Å². The van der Waals surface area contributed by atoms with E-state index < -0.39 is 0 Å². The maximum atomic E-state index is 11.0. The molecule has 0 aromatic carbocycles. The van der Waals surface area contributed by atoms with Crippen LogP contribution < -0.4 is 0 Å². The van der Waals surface area contributed by atoms with Crippen LogP contribution in [0.5, 0.6) is 0 Å². The molecule has 0 saturated carbocycles. The topological polar surface area (TPSA) is 23.6 Å². The van der Waals surface area contributed by atoms with Crippen molar-refractivity contribution in [1.82, 2.24) is 9.80 Å².